The molecule has 1 fully saturated rings. The van der Waals surface area contributed by atoms with Gasteiger partial charge < -0.3 is 18.9 Å². The molecule has 28 heavy (non-hydrogen) atoms. The summed E-state index contributed by atoms with van der Waals surface area (Å²) in [7, 11) is 0. The van der Waals surface area contributed by atoms with Gasteiger partial charge in [0.15, 0.2) is 11.7 Å². The molecule has 0 radical (unpaired) electrons. The van der Waals surface area contributed by atoms with Crippen LogP contribution in [0.15, 0.2) is 60.7 Å². The van der Waals surface area contributed by atoms with Gasteiger partial charge in [0.25, 0.3) is 0 Å². The van der Waals surface area contributed by atoms with E-state index in [0.29, 0.717) is 13.2 Å². The summed E-state index contributed by atoms with van der Waals surface area (Å²) in [5, 5.41) is 0. The van der Waals surface area contributed by atoms with Crippen LogP contribution in [0.5, 0.6) is 0 Å². The Morgan fingerprint density at radius 1 is 0.893 bits per heavy atom. The molecule has 0 bridgehead atoms. The van der Waals surface area contributed by atoms with E-state index in [1.165, 1.54) is 6.92 Å². The van der Waals surface area contributed by atoms with Crippen molar-refractivity contribution in [3.63, 3.8) is 0 Å². The van der Waals surface area contributed by atoms with Crippen LogP contribution in [0.4, 0.5) is 0 Å². The van der Waals surface area contributed by atoms with E-state index in [1.807, 2.05) is 67.6 Å². The van der Waals surface area contributed by atoms with Gasteiger partial charge in [-0.15, -0.1) is 0 Å². The molecule has 0 saturated carbocycles. The van der Waals surface area contributed by atoms with E-state index in [1.54, 1.807) is 0 Å². The SMILES string of the molecule is CC(=O)O[C@@H]1[C@@H](OCc2ccccc2)[C@H](C)O[C@H](Cl)[C@@H]1OCc1ccccc1. The van der Waals surface area contributed by atoms with E-state index >= 15 is 0 Å². The van der Waals surface area contributed by atoms with E-state index in [0.717, 1.165) is 11.1 Å². The summed E-state index contributed by atoms with van der Waals surface area (Å²) in [5.74, 6) is -0.412. The number of halogens is 1. The summed E-state index contributed by atoms with van der Waals surface area (Å²) in [6.45, 7) is 3.92. The molecule has 0 spiro atoms. The molecule has 2 aromatic carbocycles. The van der Waals surface area contributed by atoms with Crippen LogP contribution in [0.25, 0.3) is 0 Å². The lowest BCUT2D eigenvalue weighted by Gasteiger charge is -2.42. The maximum absolute atomic E-state index is 11.7. The highest BCUT2D eigenvalue weighted by Gasteiger charge is 2.47. The average molecular weight is 405 g/mol. The molecule has 0 amide bonds. The largest absolute Gasteiger partial charge is 0.457 e. The van der Waals surface area contributed by atoms with Crippen LogP contribution in [-0.4, -0.2) is 35.9 Å². The molecule has 1 saturated heterocycles. The number of esters is 1. The second-order valence-electron chi connectivity index (χ2n) is 6.79. The van der Waals surface area contributed by atoms with Crippen LogP contribution >= 0.6 is 11.6 Å². The standard InChI is InChI=1S/C22H25ClO5/c1-15-19(25-13-17-9-5-3-6-10-17)20(28-16(2)24)21(22(23)27-15)26-14-18-11-7-4-8-12-18/h3-12,15,19-22H,13-14H2,1-2H3/t15-,19-,20+,21+,22-/m0/s1. The number of benzene rings is 2. The van der Waals surface area contributed by atoms with Gasteiger partial charge in [0, 0.05) is 6.92 Å². The summed E-state index contributed by atoms with van der Waals surface area (Å²) in [6.07, 6.45) is -2.18. The van der Waals surface area contributed by atoms with Crippen molar-refractivity contribution in [2.24, 2.45) is 0 Å². The molecule has 1 aliphatic heterocycles. The van der Waals surface area contributed by atoms with Crippen molar-refractivity contribution >= 4 is 17.6 Å². The zero-order chi connectivity index (χ0) is 19.9. The molecule has 0 N–H and O–H groups in total. The van der Waals surface area contributed by atoms with Gasteiger partial charge in [-0.3, -0.25) is 4.79 Å². The van der Waals surface area contributed by atoms with Crippen molar-refractivity contribution in [2.75, 3.05) is 0 Å². The Morgan fingerprint density at radius 3 is 1.89 bits per heavy atom. The third-order valence-corrected chi connectivity index (χ3v) is 4.94. The molecule has 1 aliphatic rings. The van der Waals surface area contributed by atoms with Gasteiger partial charge in [-0.2, -0.15) is 0 Å². The minimum absolute atomic E-state index is 0.329. The van der Waals surface area contributed by atoms with Crippen LogP contribution in [0, 0.1) is 0 Å². The van der Waals surface area contributed by atoms with Gasteiger partial charge in [0.2, 0.25) is 0 Å². The third kappa shape index (κ3) is 5.55. The first-order valence-corrected chi connectivity index (χ1v) is 9.76. The Labute approximate surface area is 170 Å². The van der Waals surface area contributed by atoms with Crippen molar-refractivity contribution in [3.05, 3.63) is 71.8 Å². The van der Waals surface area contributed by atoms with Crippen molar-refractivity contribution in [1.82, 2.24) is 0 Å². The second-order valence-corrected chi connectivity index (χ2v) is 7.22. The summed E-state index contributed by atoms with van der Waals surface area (Å²) >= 11 is 6.41. The number of hydrogen-bond acceptors (Lipinski definition) is 5. The number of ether oxygens (including phenoxy) is 4. The van der Waals surface area contributed by atoms with E-state index in [9.17, 15) is 4.79 Å². The number of hydrogen-bond donors (Lipinski definition) is 0. The molecule has 3 rings (SSSR count). The number of rotatable bonds is 7. The highest BCUT2D eigenvalue weighted by atomic mass is 35.5. The minimum atomic E-state index is -0.750. The lowest BCUT2D eigenvalue weighted by molar-refractivity contribution is -0.238. The molecule has 0 aliphatic carbocycles. The van der Waals surface area contributed by atoms with E-state index < -0.39 is 29.8 Å². The first kappa shape index (κ1) is 20.8. The highest BCUT2D eigenvalue weighted by Crippen LogP contribution is 2.31. The Balaban J connectivity index is 1.73. The van der Waals surface area contributed by atoms with Crippen LogP contribution in [0.3, 0.4) is 0 Å². The molecular weight excluding hydrogens is 380 g/mol. The lowest BCUT2D eigenvalue weighted by Crippen LogP contribution is -2.58. The summed E-state index contributed by atoms with van der Waals surface area (Å²) in [5.41, 5.74) is 1.26. The zero-order valence-electron chi connectivity index (χ0n) is 16.0. The second kappa shape index (κ2) is 10.0. The summed E-state index contributed by atoms with van der Waals surface area (Å²) in [4.78, 5) is 11.7. The van der Waals surface area contributed by atoms with Crippen molar-refractivity contribution in [1.29, 1.82) is 0 Å². The van der Waals surface area contributed by atoms with Gasteiger partial charge in [-0.05, 0) is 18.1 Å². The minimum Gasteiger partial charge on any atom is -0.457 e. The fraction of sp³-hybridized carbons (Fsp3) is 0.409. The highest BCUT2D eigenvalue weighted by molar-refractivity contribution is 6.20. The smallest absolute Gasteiger partial charge is 0.303 e. The fourth-order valence-corrected chi connectivity index (χ4v) is 3.60. The van der Waals surface area contributed by atoms with Gasteiger partial charge in [0.1, 0.15) is 12.2 Å². The third-order valence-electron chi connectivity index (χ3n) is 4.59. The molecule has 0 aromatic heterocycles. The van der Waals surface area contributed by atoms with Crippen molar-refractivity contribution in [3.8, 4) is 0 Å². The van der Waals surface area contributed by atoms with Gasteiger partial charge in [0.05, 0.1) is 19.3 Å². The monoisotopic (exact) mass is 404 g/mol. The van der Waals surface area contributed by atoms with Crippen LogP contribution in [0.2, 0.25) is 0 Å². The van der Waals surface area contributed by atoms with Gasteiger partial charge in [-0.1, -0.05) is 72.3 Å². The van der Waals surface area contributed by atoms with Crippen LogP contribution in [-0.2, 0) is 37.0 Å². The van der Waals surface area contributed by atoms with Crippen LogP contribution < -0.4 is 0 Å². The van der Waals surface area contributed by atoms with E-state index in [4.69, 9.17) is 30.5 Å². The Bertz CT molecular complexity index is 684. The maximum atomic E-state index is 11.7. The predicted molar refractivity (Wildman–Crippen MR) is 106 cm³/mol. The first-order chi connectivity index (χ1) is 13.5. The van der Waals surface area contributed by atoms with Gasteiger partial charge in [-0.25, -0.2) is 0 Å². The molecule has 6 heteroatoms. The maximum Gasteiger partial charge on any atom is 0.303 e. The number of carbonyl (C=O) groups is 1. The molecule has 2 aromatic rings. The molecule has 150 valence electrons. The molecule has 5 atom stereocenters. The summed E-state index contributed by atoms with van der Waals surface area (Å²) < 4.78 is 23.5. The quantitative estimate of drug-likeness (QED) is 0.514. The van der Waals surface area contributed by atoms with E-state index in [2.05, 4.69) is 0 Å². The molecular formula is C22H25ClO5. The molecule has 0 unspecified atom stereocenters. The van der Waals surface area contributed by atoms with Gasteiger partial charge >= 0.3 is 5.97 Å². The molecule has 5 nitrogen and oxygen atoms in total. The van der Waals surface area contributed by atoms with Crippen LogP contribution in [0.1, 0.15) is 25.0 Å². The summed E-state index contributed by atoms with van der Waals surface area (Å²) in [6, 6.07) is 19.5. The van der Waals surface area contributed by atoms with E-state index in [-0.39, 0.29) is 6.10 Å². The normalized spacial score (nSPS) is 27.3. The van der Waals surface area contributed by atoms with Crippen molar-refractivity contribution in [2.45, 2.75) is 57.0 Å². The first-order valence-electron chi connectivity index (χ1n) is 9.32. The fourth-order valence-electron chi connectivity index (χ4n) is 3.22. The number of carbonyl (C=O) groups excluding carboxylic acids is 1. The van der Waals surface area contributed by atoms with Crippen molar-refractivity contribution < 1.29 is 23.7 Å². The molecule has 1 heterocycles. The predicted octanol–water partition coefficient (Wildman–Crippen LogP) is 4.07. The Kier molecular flexibility index (Phi) is 7.45. The Morgan fingerprint density at radius 2 is 1.39 bits per heavy atom. The Hall–Kier alpha value is -1.92. The zero-order valence-corrected chi connectivity index (χ0v) is 16.7. The lowest BCUT2D eigenvalue weighted by atomic mass is 10.00. The number of alkyl halides is 1. The average Bonchev–Trinajstić information content (AvgIpc) is 2.68. The topological polar surface area (TPSA) is 54.0 Å².